The number of methoxy groups -OCH3 is 1. The van der Waals surface area contributed by atoms with Crippen LogP contribution in [0.5, 0.6) is 11.5 Å². The molecule has 1 aromatic carbocycles. The van der Waals surface area contributed by atoms with Crippen molar-refractivity contribution in [3.63, 3.8) is 0 Å². The Balaban J connectivity index is 2.88. The SMILES string of the molecule is CCNC(=S)N/N=C\c1cc(I)c(OC(C)C)c(OC)c1. The molecule has 0 saturated heterocycles. The fourth-order valence-corrected chi connectivity index (χ4v) is 2.48. The first-order valence-corrected chi connectivity index (χ1v) is 8.07. The zero-order chi connectivity index (χ0) is 15.8. The van der Waals surface area contributed by atoms with Gasteiger partial charge in [0.1, 0.15) is 0 Å². The number of benzene rings is 1. The van der Waals surface area contributed by atoms with Gasteiger partial charge in [0.05, 0.1) is 23.0 Å². The second-order valence-corrected chi connectivity index (χ2v) is 6.00. The number of thiocarbonyl (C=S) groups is 1. The second-order valence-electron chi connectivity index (χ2n) is 4.43. The quantitative estimate of drug-likeness (QED) is 0.320. The molecule has 0 spiro atoms. The first kappa shape index (κ1) is 18.0. The van der Waals surface area contributed by atoms with Crippen molar-refractivity contribution in [2.75, 3.05) is 13.7 Å². The maximum atomic E-state index is 5.77. The fourth-order valence-electron chi connectivity index (χ4n) is 1.53. The molecule has 0 radical (unpaired) electrons. The molecule has 0 saturated carbocycles. The minimum Gasteiger partial charge on any atom is -0.493 e. The van der Waals surface area contributed by atoms with Crippen LogP contribution in [0, 0.1) is 3.57 Å². The van der Waals surface area contributed by atoms with Gasteiger partial charge in [-0.25, -0.2) is 0 Å². The summed E-state index contributed by atoms with van der Waals surface area (Å²) in [4.78, 5) is 0. The van der Waals surface area contributed by atoms with Crippen molar-refractivity contribution in [1.82, 2.24) is 10.7 Å². The molecule has 0 heterocycles. The van der Waals surface area contributed by atoms with Gasteiger partial charge in [0, 0.05) is 6.54 Å². The maximum absolute atomic E-state index is 5.77. The first-order chi connectivity index (χ1) is 9.97. The zero-order valence-electron chi connectivity index (χ0n) is 12.6. The third kappa shape index (κ3) is 6.04. The lowest BCUT2D eigenvalue weighted by atomic mass is 10.2. The van der Waals surface area contributed by atoms with Gasteiger partial charge in [-0.15, -0.1) is 0 Å². The van der Waals surface area contributed by atoms with Gasteiger partial charge in [-0.05, 0) is 73.3 Å². The van der Waals surface area contributed by atoms with E-state index in [9.17, 15) is 0 Å². The summed E-state index contributed by atoms with van der Waals surface area (Å²) in [5, 5.41) is 7.54. The Morgan fingerprint density at radius 3 is 2.76 bits per heavy atom. The van der Waals surface area contributed by atoms with Gasteiger partial charge in [-0.2, -0.15) is 5.10 Å². The van der Waals surface area contributed by atoms with Gasteiger partial charge in [-0.1, -0.05) is 0 Å². The largest absolute Gasteiger partial charge is 0.493 e. The van der Waals surface area contributed by atoms with Crippen LogP contribution < -0.4 is 20.2 Å². The average molecular weight is 421 g/mol. The van der Waals surface area contributed by atoms with Gasteiger partial charge < -0.3 is 14.8 Å². The molecule has 0 amide bonds. The molecule has 7 heteroatoms. The summed E-state index contributed by atoms with van der Waals surface area (Å²) in [6.07, 6.45) is 1.78. The molecular weight excluding hydrogens is 401 g/mol. The highest BCUT2D eigenvalue weighted by atomic mass is 127. The van der Waals surface area contributed by atoms with Crippen LogP contribution in [0.1, 0.15) is 26.3 Å². The summed E-state index contributed by atoms with van der Waals surface area (Å²) in [5.74, 6) is 1.44. The molecule has 0 atom stereocenters. The molecule has 0 aliphatic rings. The molecule has 5 nitrogen and oxygen atoms in total. The predicted octanol–water partition coefficient (Wildman–Crippen LogP) is 2.90. The van der Waals surface area contributed by atoms with Crippen molar-refractivity contribution < 1.29 is 9.47 Å². The number of hydrogen-bond acceptors (Lipinski definition) is 4. The van der Waals surface area contributed by atoms with E-state index in [1.807, 2.05) is 32.9 Å². The van der Waals surface area contributed by atoms with Crippen molar-refractivity contribution in [1.29, 1.82) is 0 Å². The van der Waals surface area contributed by atoms with Gasteiger partial charge in [0.15, 0.2) is 16.6 Å². The average Bonchev–Trinajstić information content (AvgIpc) is 2.41. The van der Waals surface area contributed by atoms with Crippen molar-refractivity contribution in [2.45, 2.75) is 26.9 Å². The summed E-state index contributed by atoms with van der Waals surface area (Å²) in [7, 11) is 1.62. The summed E-state index contributed by atoms with van der Waals surface area (Å²) in [5.41, 5.74) is 3.65. The minimum absolute atomic E-state index is 0.0890. The highest BCUT2D eigenvalue weighted by Gasteiger charge is 2.12. The Kier molecular flexibility index (Phi) is 7.73. The van der Waals surface area contributed by atoms with Gasteiger partial charge in [0.25, 0.3) is 0 Å². The minimum atomic E-state index is 0.0890. The smallest absolute Gasteiger partial charge is 0.186 e. The summed E-state index contributed by atoms with van der Waals surface area (Å²) >= 11 is 7.25. The van der Waals surface area contributed by atoms with E-state index in [0.717, 1.165) is 21.4 Å². The molecule has 1 aromatic rings. The lowest BCUT2D eigenvalue weighted by molar-refractivity contribution is 0.228. The van der Waals surface area contributed by atoms with Crippen LogP contribution in [0.4, 0.5) is 0 Å². The highest BCUT2D eigenvalue weighted by Crippen LogP contribution is 2.34. The van der Waals surface area contributed by atoms with Gasteiger partial charge >= 0.3 is 0 Å². The number of hydrogen-bond donors (Lipinski definition) is 2. The van der Waals surface area contributed by atoms with Crippen LogP contribution in [0.3, 0.4) is 0 Å². The number of hydrazone groups is 1. The van der Waals surface area contributed by atoms with E-state index in [1.54, 1.807) is 13.3 Å². The van der Waals surface area contributed by atoms with Crippen LogP contribution >= 0.6 is 34.8 Å². The van der Waals surface area contributed by atoms with E-state index in [-0.39, 0.29) is 6.10 Å². The van der Waals surface area contributed by atoms with E-state index >= 15 is 0 Å². The molecular formula is C14H20IN3O2S. The maximum Gasteiger partial charge on any atom is 0.186 e. The molecule has 116 valence electrons. The molecule has 0 aliphatic heterocycles. The van der Waals surface area contributed by atoms with E-state index in [2.05, 4.69) is 38.4 Å². The number of halogens is 1. The lowest BCUT2D eigenvalue weighted by Gasteiger charge is -2.15. The predicted molar refractivity (Wildman–Crippen MR) is 98.5 cm³/mol. The third-order valence-electron chi connectivity index (χ3n) is 2.32. The number of rotatable bonds is 6. The Hall–Kier alpha value is -1.09. The van der Waals surface area contributed by atoms with E-state index < -0.39 is 0 Å². The molecule has 1 rings (SSSR count). The number of ether oxygens (including phenoxy) is 2. The molecule has 0 aliphatic carbocycles. The van der Waals surface area contributed by atoms with Crippen molar-refractivity contribution in [2.24, 2.45) is 5.10 Å². The van der Waals surface area contributed by atoms with E-state index in [4.69, 9.17) is 21.7 Å². The van der Waals surface area contributed by atoms with Crippen LogP contribution in [-0.2, 0) is 0 Å². The summed E-state index contributed by atoms with van der Waals surface area (Å²) < 4.78 is 12.1. The van der Waals surface area contributed by atoms with Gasteiger partial charge in [0.2, 0.25) is 0 Å². The summed E-state index contributed by atoms with van der Waals surface area (Å²) in [6.45, 7) is 6.69. The Morgan fingerprint density at radius 1 is 1.48 bits per heavy atom. The van der Waals surface area contributed by atoms with Crippen LogP contribution in [0.25, 0.3) is 0 Å². The lowest BCUT2D eigenvalue weighted by Crippen LogP contribution is -2.31. The molecule has 0 bridgehead atoms. The Morgan fingerprint density at radius 2 is 2.19 bits per heavy atom. The first-order valence-electron chi connectivity index (χ1n) is 6.59. The van der Waals surface area contributed by atoms with Crippen LogP contribution in [-0.4, -0.2) is 31.1 Å². The highest BCUT2D eigenvalue weighted by molar-refractivity contribution is 14.1. The van der Waals surface area contributed by atoms with Crippen molar-refractivity contribution >= 4 is 46.1 Å². The van der Waals surface area contributed by atoms with Crippen molar-refractivity contribution in [3.8, 4) is 11.5 Å². The molecule has 0 unspecified atom stereocenters. The second kappa shape index (κ2) is 9.04. The molecule has 0 fully saturated rings. The normalized spacial score (nSPS) is 10.8. The molecule has 0 aromatic heterocycles. The topological polar surface area (TPSA) is 54.9 Å². The zero-order valence-corrected chi connectivity index (χ0v) is 15.5. The molecule has 21 heavy (non-hydrogen) atoms. The number of nitrogens with one attached hydrogen (secondary N) is 2. The fraction of sp³-hybridized carbons (Fsp3) is 0.429. The Labute approximate surface area is 144 Å². The molecule has 2 N–H and O–H groups in total. The van der Waals surface area contributed by atoms with Gasteiger partial charge in [-0.3, -0.25) is 5.43 Å². The van der Waals surface area contributed by atoms with E-state index in [1.165, 1.54) is 0 Å². The van der Waals surface area contributed by atoms with Crippen LogP contribution in [0.2, 0.25) is 0 Å². The van der Waals surface area contributed by atoms with Crippen LogP contribution in [0.15, 0.2) is 17.2 Å². The number of nitrogens with zero attached hydrogens (tertiary/aromatic N) is 1. The third-order valence-corrected chi connectivity index (χ3v) is 3.36. The van der Waals surface area contributed by atoms with Crippen molar-refractivity contribution in [3.05, 3.63) is 21.3 Å². The van der Waals surface area contributed by atoms with E-state index in [0.29, 0.717) is 10.9 Å². The summed E-state index contributed by atoms with van der Waals surface area (Å²) in [6, 6.07) is 3.85. The standard InChI is InChI=1S/C14H20IN3O2S/c1-5-16-14(21)18-17-8-10-6-11(15)13(20-9(2)3)12(7-10)19-4/h6-9H,5H2,1-4H3,(H2,16,18,21)/b17-8-. The monoisotopic (exact) mass is 421 g/mol. The Bertz CT molecular complexity index is 521.